The molecule has 0 aliphatic carbocycles. The van der Waals surface area contributed by atoms with Crippen molar-refractivity contribution in [2.45, 2.75) is 13.5 Å². The molecule has 1 atom stereocenters. The fraction of sp³-hybridized carbons (Fsp3) is 0.300. The number of hydrogen-bond acceptors (Lipinski definition) is 3. The van der Waals surface area contributed by atoms with E-state index in [-0.39, 0.29) is 34.8 Å². The van der Waals surface area contributed by atoms with E-state index in [4.69, 9.17) is 11.6 Å². The lowest BCUT2D eigenvalue weighted by molar-refractivity contribution is -0.121. The maximum absolute atomic E-state index is 13.7. The van der Waals surface area contributed by atoms with E-state index in [1.165, 1.54) is 12.1 Å². The fourth-order valence-electron chi connectivity index (χ4n) is 2.82. The molecule has 0 aromatic heterocycles. The summed E-state index contributed by atoms with van der Waals surface area (Å²) in [7, 11) is 0. The molecule has 0 spiro atoms. The molecule has 0 bridgehead atoms. The van der Waals surface area contributed by atoms with Crippen LogP contribution in [0.1, 0.15) is 22.8 Å². The summed E-state index contributed by atoms with van der Waals surface area (Å²) in [5.41, 5.74) is 1.11. The van der Waals surface area contributed by atoms with Crippen LogP contribution in [0.15, 0.2) is 42.5 Å². The molecular formula is C20H21ClFN3O2. The van der Waals surface area contributed by atoms with Gasteiger partial charge in [0.15, 0.2) is 0 Å². The Balaban J connectivity index is 1.66. The Morgan fingerprint density at radius 1 is 1.26 bits per heavy atom. The van der Waals surface area contributed by atoms with Gasteiger partial charge in [0.2, 0.25) is 5.91 Å². The molecule has 1 fully saturated rings. The molecule has 142 valence electrons. The van der Waals surface area contributed by atoms with Gasteiger partial charge < -0.3 is 16.0 Å². The summed E-state index contributed by atoms with van der Waals surface area (Å²) in [6, 6.07) is 11.0. The van der Waals surface area contributed by atoms with E-state index in [1.54, 1.807) is 30.3 Å². The molecule has 1 saturated heterocycles. The van der Waals surface area contributed by atoms with Crippen LogP contribution in [0.4, 0.5) is 10.1 Å². The summed E-state index contributed by atoms with van der Waals surface area (Å²) in [6.07, 6.45) is 0. The SMILES string of the molecule is CC(C(=O)Nc1ccc(Cl)c(C(=O)NCc2ccccc2F)c1)C1CNC1. The average molecular weight is 390 g/mol. The first-order valence-electron chi connectivity index (χ1n) is 8.78. The third kappa shape index (κ3) is 4.64. The molecule has 2 aromatic carbocycles. The summed E-state index contributed by atoms with van der Waals surface area (Å²) >= 11 is 6.13. The second kappa shape index (κ2) is 8.50. The van der Waals surface area contributed by atoms with Crippen molar-refractivity contribution in [1.82, 2.24) is 10.6 Å². The van der Waals surface area contributed by atoms with Crippen molar-refractivity contribution in [2.24, 2.45) is 11.8 Å². The van der Waals surface area contributed by atoms with Gasteiger partial charge in [-0.3, -0.25) is 9.59 Å². The first-order chi connectivity index (χ1) is 13.0. The van der Waals surface area contributed by atoms with Crippen molar-refractivity contribution >= 4 is 29.1 Å². The molecule has 7 heteroatoms. The third-order valence-electron chi connectivity index (χ3n) is 4.81. The average Bonchev–Trinajstić information content (AvgIpc) is 2.60. The van der Waals surface area contributed by atoms with E-state index in [1.807, 2.05) is 6.92 Å². The molecule has 1 unspecified atom stereocenters. The Morgan fingerprint density at radius 2 is 2.00 bits per heavy atom. The molecule has 1 aliphatic rings. The summed E-state index contributed by atoms with van der Waals surface area (Å²) < 4.78 is 13.7. The van der Waals surface area contributed by atoms with Crippen molar-refractivity contribution in [3.63, 3.8) is 0 Å². The smallest absolute Gasteiger partial charge is 0.253 e. The van der Waals surface area contributed by atoms with Crippen LogP contribution in [0.25, 0.3) is 0 Å². The number of carbonyl (C=O) groups is 2. The van der Waals surface area contributed by atoms with Crippen LogP contribution in [0.3, 0.4) is 0 Å². The highest BCUT2D eigenvalue weighted by Gasteiger charge is 2.28. The van der Waals surface area contributed by atoms with Crippen LogP contribution in [0, 0.1) is 17.7 Å². The summed E-state index contributed by atoms with van der Waals surface area (Å²) in [5, 5.41) is 8.89. The molecule has 5 nitrogen and oxygen atoms in total. The number of amides is 2. The molecular weight excluding hydrogens is 369 g/mol. The fourth-order valence-corrected chi connectivity index (χ4v) is 3.03. The lowest BCUT2D eigenvalue weighted by atomic mass is 9.88. The second-order valence-electron chi connectivity index (χ2n) is 6.66. The number of carbonyl (C=O) groups excluding carboxylic acids is 2. The van der Waals surface area contributed by atoms with Gasteiger partial charge in [-0.15, -0.1) is 0 Å². The highest BCUT2D eigenvalue weighted by molar-refractivity contribution is 6.34. The van der Waals surface area contributed by atoms with Gasteiger partial charge in [0, 0.05) is 23.7 Å². The molecule has 2 amide bonds. The van der Waals surface area contributed by atoms with Gasteiger partial charge in [-0.05, 0) is 43.3 Å². The van der Waals surface area contributed by atoms with E-state index >= 15 is 0 Å². The lowest BCUT2D eigenvalue weighted by Crippen LogP contribution is -2.48. The number of rotatable bonds is 6. The predicted molar refractivity (Wildman–Crippen MR) is 103 cm³/mol. The third-order valence-corrected chi connectivity index (χ3v) is 5.14. The Labute approximate surface area is 162 Å². The van der Waals surface area contributed by atoms with E-state index < -0.39 is 5.91 Å². The topological polar surface area (TPSA) is 70.2 Å². The van der Waals surface area contributed by atoms with Crippen molar-refractivity contribution in [2.75, 3.05) is 18.4 Å². The first-order valence-corrected chi connectivity index (χ1v) is 9.16. The molecule has 0 saturated carbocycles. The Hall–Kier alpha value is -2.44. The number of halogens is 2. The maximum atomic E-state index is 13.7. The van der Waals surface area contributed by atoms with Crippen LogP contribution in [0.5, 0.6) is 0 Å². The lowest BCUT2D eigenvalue weighted by Gasteiger charge is -2.31. The molecule has 27 heavy (non-hydrogen) atoms. The van der Waals surface area contributed by atoms with Gasteiger partial charge >= 0.3 is 0 Å². The molecule has 3 rings (SSSR count). The van der Waals surface area contributed by atoms with Gasteiger partial charge in [-0.25, -0.2) is 4.39 Å². The predicted octanol–water partition coefficient (Wildman–Crippen LogP) is 3.20. The van der Waals surface area contributed by atoms with Crippen molar-refractivity contribution in [3.05, 3.63) is 64.4 Å². The summed E-state index contributed by atoms with van der Waals surface area (Å²) in [5.74, 6) is -0.720. The zero-order valence-corrected chi connectivity index (χ0v) is 15.6. The Bertz CT molecular complexity index is 855. The Morgan fingerprint density at radius 3 is 2.67 bits per heavy atom. The van der Waals surface area contributed by atoms with Crippen LogP contribution in [-0.4, -0.2) is 24.9 Å². The summed E-state index contributed by atoms with van der Waals surface area (Å²) in [4.78, 5) is 24.8. The minimum absolute atomic E-state index is 0.0458. The molecule has 1 aliphatic heterocycles. The normalized spacial score (nSPS) is 14.9. The number of anilines is 1. The molecule has 3 N–H and O–H groups in total. The van der Waals surface area contributed by atoms with Crippen LogP contribution in [-0.2, 0) is 11.3 Å². The van der Waals surface area contributed by atoms with Gasteiger partial charge in [-0.1, -0.05) is 36.7 Å². The van der Waals surface area contributed by atoms with Gasteiger partial charge in [0.1, 0.15) is 5.82 Å². The monoisotopic (exact) mass is 389 g/mol. The minimum atomic E-state index is -0.435. The van der Waals surface area contributed by atoms with Crippen molar-refractivity contribution < 1.29 is 14.0 Å². The zero-order chi connectivity index (χ0) is 19.4. The van der Waals surface area contributed by atoms with E-state index in [9.17, 15) is 14.0 Å². The molecule has 0 radical (unpaired) electrons. The maximum Gasteiger partial charge on any atom is 0.253 e. The highest BCUT2D eigenvalue weighted by atomic mass is 35.5. The minimum Gasteiger partial charge on any atom is -0.348 e. The van der Waals surface area contributed by atoms with Gasteiger partial charge in [0.05, 0.1) is 10.6 Å². The Kier molecular flexibility index (Phi) is 6.08. The van der Waals surface area contributed by atoms with E-state index in [0.29, 0.717) is 17.2 Å². The van der Waals surface area contributed by atoms with Crippen LogP contribution >= 0.6 is 11.6 Å². The van der Waals surface area contributed by atoms with E-state index in [2.05, 4.69) is 16.0 Å². The zero-order valence-electron chi connectivity index (χ0n) is 14.9. The molecule has 1 heterocycles. The first kappa shape index (κ1) is 19.3. The largest absolute Gasteiger partial charge is 0.348 e. The molecule has 2 aromatic rings. The number of nitrogens with one attached hydrogen (secondary N) is 3. The van der Waals surface area contributed by atoms with Gasteiger partial charge in [0.25, 0.3) is 5.91 Å². The standard InChI is InChI=1S/C20H21ClFN3O2/c1-12(14-9-23-10-14)19(26)25-15-6-7-17(21)16(8-15)20(27)24-11-13-4-2-3-5-18(13)22/h2-8,12,14,23H,9-11H2,1H3,(H,24,27)(H,25,26). The number of benzene rings is 2. The summed E-state index contributed by atoms with van der Waals surface area (Å²) in [6.45, 7) is 3.60. The highest BCUT2D eigenvalue weighted by Crippen LogP contribution is 2.23. The number of hydrogen-bond donors (Lipinski definition) is 3. The van der Waals surface area contributed by atoms with Crippen LogP contribution in [0.2, 0.25) is 5.02 Å². The van der Waals surface area contributed by atoms with Gasteiger partial charge in [-0.2, -0.15) is 0 Å². The van der Waals surface area contributed by atoms with Crippen molar-refractivity contribution in [3.8, 4) is 0 Å². The van der Waals surface area contributed by atoms with E-state index in [0.717, 1.165) is 13.1 Å². The quantitative estimate of drug-likeness (QED) is 0.710. The second-order valence-corrected chi connectivity index (χ2v) is 7.07. The van der Waals surface area contributed by atoms with Crippen LogP contribution < -0.4 is 16.0 Å². The van der Waals surface area contributed by atoms with Crippen molar-refractivity contribution in [1.29, 1.82) is 0 Å².